The zero-order chi connectivity index (χ0) is 29.6. The van der Waals surface area contributed by atoms with Crippen LogP contribution in [0.1, 0.15) is 96.5 Å². The van der Waals surface area contributed by atoms with E-state index in [-0.39, 0.29) is 18.2 Å². The SMILES string of the molecule is CCCCCCCN(CCCC)C(=O)CN1C[C@H](c2ccc3c(c2)OCO3)CC12CC2COC1(C)CC=CC=C1OC. The lowest BCUT2D eigenvalue weighted by Gasteiger charge is -2.33. The van der Waals surface area contributed by atoms with Gasteiger partial charge in [0.1, 0.15) is 11.4 Å². The first-order valence-electron chi connectivity index (χ1n) is 16.4. The van der Waals surface area contributed by atoms with Crippen LogP contribution in [-0.2, 0) is 14.3 Å². The van der Waals surface area contributed by atoms with Crippen LogP contribution in [0.2, 0.25) is 0 Å². The van der Waals surface area contributed by atoms with Crippen molar-refractivity contribution in [2.45, 2.75) is 102 Å². The maximum Gasteiger partial charge on any atom is 0.236 e. The number of nitrogens with zero attached hydrogens (tertiary/aromatic N) is 2. The Bertz CT molecular complexity index is 1130. The van der Waals surface area contributed by atoms with Crippen LogP contribution >= 0.6 is 0 Å². The summed E-state index contributed by atoms with van der Waals surface area (Å²) in [6, 6.07) is 6.36. The lowest BCUT2D eigenvalue weighted by Crippen LogP contribution is -2.45. The summed E-state index contributed by atoms with van der Waals surface area (Å²) in [5, 5.41) is 0. The number of unbranched alkanes of at least 4 members (excludes halogenated alkanes) is 5. The quantitative estimate of drug-likeness (QED) is 0.200. The summed E-state index contributed by atoms with van der Waals surface area (Å²) < 4.78 is 23.6. The second-order valence-electron chi connectivity index (χ2n) is 13.0. The van der Waals surface area contributed by atoms with Crippen LogP contribution in [0.4, 0.5) is 0 Å². The Morgan fingerprint density at radius 3 is 2.64 bits per heavy atom. The molecule has 0 aromatic heterocycles. The van der Waals surface area contributed by atoms with E-state index in [2.05, 4.69) is 48.8 Å². The molecule has 0 N–H and O–H groups in total. The third-order valence-corrected chi connectivity index (χ3v) is 9.97. The Morgan fingerprint density at radius 1 is 1.05 bits per heavy atom. The first kappa shape index (κ1) is 30.9. The molecule has 1 saturated heterocycles. The minimum absolute atomic E-state index is 0.00787. The van der Waals surface area contributed by atoms with Crippen LogP contribution in [0, 0.1) is 5.92 Å². The number of carbonyl (C=O) groups excluding carboxylic acids is 1. The smallest absolute Gasteiger partial charge is 0.236 e. The van der Waals surface area contributed by atoms with Crippen molar-refractivity contribution in [2.24, 2.45) is 5.92 Å². The molecule has 1 saturated carbocycles. The van der Waals surface area contributed by atoms with E-state index in [4.69, 9.17) is 18.9 Å². The molecular formula is C35H52N2O5. The zero-order valence-electron chi connectivity index (χ0n) is 26.4. The van der Waals surface area contributed by atoms with Crippen LogP contribution in [-0.4, -0.2) is 73.5 Å². The van der Waals surface area contributed by atoms with E-state index in [9.17, 15) is 4.79 Å². The van der Waals surface area contributed by atoms with Crippen LogP contribution in [0.3, 0.4) is 0 Å². The van der Waals surface area contributed by atoms with Gasteiger partial charge in [0, 0.05) is 37.5 Å². The molecule has 2 aliphatic heterocycles. The van der Waals surface area contributed by atoms with Gasteiger partial charge in [0.2, 0.25) is 12.7 Å². The number of hydrogen-bond donors (Lipinski definition) is 0. The molecule has 7 heteroatoms. The van der Waals surface area contributed by atoms with Crippen LogP contribution < -0.4 is 9.47 Å². The van der Waals surface area contributed by atoms with Crippen molar-refractivity contribution in [3.8, 4) is 11.5 Å². The Kier molecular flexibility index (Phi) is 10.2. The molecule has 0 radical (unpaired) electrons. The summed E-state index contributed by atoms with van der Waals surface area (Å²) in [5.74, 6) is 3.55. The van der Waals surface area contributed by atoms with E-state index >= 15 is 0 Å². The highest BCUT2D eigenvalue weighted by molar-refractivity contribution is 5.78. The maximum absolute atomic E-state index is 13.9. The van der Waals surface area contributed by atoms with Crippen molar-refractivity contribution in [1.29, 1.82) is 0 Å². The number of carbonyl (C=O) groups is 1. The number of hydrogen-bond acceptors (Lipinski definition) is 6. The van der Waals surface area contributed by atoms with Crippen molar-refractivity contribution < 1.29 is 23.7 Å². The average Bonchev–Trinajstić information content (AvgIpc) is 3.29. The third-order valence-electron chi connectivity index (χ3n) is 9.97. The summed E-state index contributed by atoms with van der Waals surface area (Å²) >= 11 is 0. The molecule has 0 bridgehead atoms. The largest absolute Gasteiger partial charge is 0.498 e. The van der Waals surface area contributed by atoms with E-state index in [0.29, 0.717) is 25.0 Å². The summed E-state index contributed by atoms with van der Waals surface area (Å²) in [6.07, 6.45) is 17.3. The average molecular weight is 581 g/mol. The van der Waals surface area contributed by atoms with Gasteiger partial charge < -0.3 is 23.8 Å². The van der Waals surface area contributed by atoms with Gasteiger partial charge in [-0.15, -0.1) is 0 Å². The molecule has 2 fully saturated rings. The van der Waals surface area contributed by atoms with Crippen molar-refractivity contribution in [3.63, 3.8) is 0 Å². The first-order valence-corrected chi connectivity index (χ1v) is 16.4. The van der Waals surface area contributed by atoms with Gasteiger partial charge in [-0.05, 0) is 62.3 Å². The third kappa shape index (κ3) is 6.83. The van der Waals surface area contributed by atoms with Crippen LogP contribution in [0.15, 0.2) is 42.2 Å². The molecule has 4 atom stereocenters. The molecule has 1 aromatic carbocycles. The van der Waals surface area contributed by atoms with E-state index in [1.807, 2.05) is 18.2 Å². The standard InChI is InChI=1S/C35H52N2O5/c1-5-7-9-10-13-19-36(18-8-6-2)33(38)24-37-23-28(27-15-16-30-31(20-27)41-26-40-30)21-35(37)22-29(35)25-42-34(3)17-12-11-14-32(34)39-4/h11-12,14-16,20,28-29H,5-10,13,17-19,21-26H2,1-4H3/t28-,29?,34?,35?/m1/s1. The number of methoxy groups -OCH3 is 1. The van der Waals surface area contributed by atoms with Crippen LogP contribution in [0.5, 0.6) is 11.5 Å². The van der Waals surface area contributed by atoms with Gasteiger partial charge in [-0.2, -0.15) is 0 Å². The highest BCUT2D eigenvalue weighted by atomic mass is 16.7. The minimum atomic E-state index is -0.446. The number of likely N-dealkylation sites (tertiary alicyclic amines) is 1. The second-order valence-corrected chi connectivity index (χ2v) is 13.0. The van der Waals surface area contributed by atoms with Crippen molar-refractivity contribution in [3.05, 3.63) is 47.7 Å². The number of rotatable bonds is 16. The summed E-state index contributed by atoms with van der Waals surface area (Å²) in [6.45, 7) is 10.6. The number of fused-ring (bicyclic) bond motifs is 1. The monoisotopic (exact) mass is 580 g/mol. The lowest BCUT2D eigenvalue weighted by atomic mass is 9.94. The van der Waals surface area contributed by atoms with Crippen molar-refractivity contribution in [2.75, 3.05) is 46.7 Å². The van der Waals surface area contributed by atoms with E-state index in [0.717, 1.165) is 75.4 Å². The molecule has 1 aromatic rings. The Labute approximate surface area is 253 Å². The maximum atomic E-state index is 13.9. The minimum Gasteiger partial charge on any atom is -0.498 e. The molecule has 4 aliphatic rings. The molecule has 232 valence electrons. The molecule has 7 nitrogen and oxygen atoms in total. The fourth-order valence-electron chi connectivity index (χ4n) is 7.20. The molecule has 1 amide bonds. The molecule has 2 aliphatic carbocycles. The molecule has 5 rings (SSSR count). The fraction of sp³-hybridized carbons (Fsp3) is 0.686. The number of benzene rings is 1. The van der Waals surface area contributed by atoms with Gasteiger partial charge >= 0.3 is 0 Å². The van der Waals surface area contributed by atoms with E-state index in [1.54, 1.807) is 7.11 Å². The predicted molar refractivity (Wildman–Crippen MR) is 166 cm³/mol. The molecular weight excluding hydrogens is 528 g/mol. The van der Waals surface area contributed by atoms with Gasteiger partial charge in [-0.1, -0.05) is 64.2 Å². The molecule has 1 spiro atoms. The van der Waals surface area contributed by atoms with Gasteiger partial charge in [0.05, 0.1) is 20.3 Å². The summed E-state index contributed by atoms with van der Waals surface area (Å²) in [5.41, 5.74) is 0.817. The topological polar surface area (TPSA) is 60.5 Å². The lowest BCUT2D eigenvalue weighted by molar-refractivity contribution is -0.133. The predicted octanol–water partition coefficient (Wildman–Crippen LogP) is 6.83. The number of allylic oxidation sites excluding steroid dienone is 2. The van der Waals surface area contributed by atoms with Crippen LogP contribution in [0.25, 0.3) is 0 Å². The first-order chi connectivity index (χ1) is 20.4. The van der Waals surface area contributed by atoms with Gasteiger partial charge in [0.25, 0.3) is 0 Å². The normalized spacial score (nSPS) is 27.9. The summed E-state index contributed by atoms with van der Waals surface area (Å²) in [7, 11) is 1.72. The number of ether oxygens (including phenoxy) is 4. The van der Waals surface area contributed by atoms with Crippen molar-refractivity contribution >= 4 is 5.91 Å². The Morgan fingerprint density at radius 2 is 1.83 bits per heavy atom. The van der Waals surface area contributed by atoms with E-state index < -0.39 is 5.60 Å². The Hall–Kier alpha value is -2.51. The fourth-order valence-corrected chi connectivity index (χ4v) is 7.20. The highest BCUT2D eigenvalue weighted by Gasteiger charge is 2.63. The molecule has 3 unspecified atom stereocenters. The van der Waals surface area contributed by atoms with Gasteiger partial charge in [-0.3, -0.25) is 9.69 Å². The van der Waals surface area contributed by atoms with E-state index in [1.165, 1.54) is 31.2 Å². The van der Waals surface area contributed by atoms with Crippen molar-refractivity contribution in [1.82, 2.24) is 9.80 Å². The highest BCUT2D eigenvalue weighted by Crippen LogP contribution is 2.59. The summed E-state index contributed by atoms with van der Waals surface area (Å²) in [4.78, 5) is 18.5. The molecule has 2 heterocycles. The number of amides is 1. The second kappa shape index (κ2) is 13.9. The van der Waals surface area contributed by atoms with Gasteiger partial charge in [-0.25, -0.2) is 0 Å². The molecule has 42 heavy (non-hydrogen) atoms. The zero-order valence-corrected chi connectivity index (χ0v) is 26.4. The van der Waals surface area contributed by atoms with Gasteiger partial charge in [0.15, 0.2) is 11.5 Å². The Balaban J connectivity index is 1.28.